The number of morpholine rings is 1. The quantitative estimate of drug-likeness (QED) is 0.691. The Morgan fingerprint density at radius 2 is 2.08 bits per heavy atom. The topological polar surface area (TPSA) is 98.4 Å². The second-order valence-corrected chi connectivity index (χ2v) is 8.13. The van der Waals surface area contributed by atoms with E-state index in [1.54, 1.807) is 25.3 Å². The molecule has 0 spiro atoms. The molecule has 2 aromatic heterocycles. The molecule has 3 heterocycles. The summed E-state index contributed by atoms with van der Waals surface area (Å²) < 4.78 is 38.9. The van der Waals surface area contributed by atoms with Gasteiger partial charge in [0.1, 0.15) is 11.0 Å². The van der Waals surface area contributed by atoms with E-state index in [0.29, 0.717) is 11.4 Å². The van der Waals surface area contributed by atoms with Crippen molar-refractivity contribution in [1.29, 1.82) is 0 Å². The summed E-state index contributed by atoms with van der Waals surface area (Å²) >= 11 is 0. The number of sulfonamides is 1. The third-order valence-corrected chi connectivity index (χ3v) is 6.17. The zero-order valence-electron chi connectivity index (χ0n) is 14.4. The summed E-state index contributed by atoms with van der Waals surface area (Å²) in [7, 11) is -3.73. The van der Waals surface area contributed by atoms with Crippen LogP contribution in [0.25, 0.3) is 10.9 Å². The highest BCUT2D eigenvalue weighted by molar-refractivity contribution is 7.89. The maximum absolute atomic E-state index is 13.2. The van der Waals surface area contributed by atoms with Gasteiger partial charge < -0.3 is 9.15 Å². The average molecular weight is 374 g/mol. The van der Waals surface area contributed by atoms with Crippen LogP contribution in [-0.2, 0) is 14.8 Å². The maximum Gasteiger partial charge on any atom is 0.246 e. The fraction of sp³-hybridized carbons (Fsp3) is 0.353. The van der Waals surface area contributed by atoms with Crippen LogP contribution >= 0.6 is 0 Å². The molecule has 9 heteroatoms. The molecule has 1 aliphatic heterocycles. The van der Waals surface area contributed by atoms with Gasteiger partial charge in [0.05, 0.1) is 12.1 Å². The molecule has 136 valence electrons. The first kappa shape index (κ1) is 17.1. The van der Waals surface area contributed by atoms with Gasteiger partial charge in [-0.05, 0) is 24.6 Å². The molecule has 26 heavy (non-hydrogen) atoms. The zero-order chi connectivity index (χ0) is 18.3. The number of rotatable bonds is 3. The lowest BCUT2D eigenvalue weighted by atomic mass is 10.2. The molecule has 1 fully saturated rings. The van der Waals surface area contributed by atoms with Crippen LogP contribution in [0.3, 0.4) is 0 Å². The highest BCUT2D eigenvalue weighted by atomic mass is 32.2. The molecule has 0 amide bonds. The summed E-state index contributed by atoms with van der Waals surface area (Å²) in [6.45, 7) is 4.23. The van der Waals surface area contributed by atoms with E-state index in [1.807, 2.05) is 19.1 Å². The summed E-state index contributed by atoms with van der Waals surface area (Å²) in [4.78, 5) is 4.54. The van der Waals surface area contributed by atoms with Crippen molar-refractivity contribution in [3.8, 4) is 0 Å². The second-order valence-electron chi connectivity index (χ2n) is 6.22. The molecule has 0 aliphatic carbocycles. The maximum atomic E-state index is 13.2. The fourth-order valence-corrected chi connectivity index (χ4v) is 4.62. The molecule has 1 atom stereocenters. The molecule has 0 N–H and O–H groups in total. The van der Waals surface area contributed by atoms with Crippen LogP contribution in [0.5, 0.6) is 0 Å². The van der Waals surface area contributed by atoms with E-state index in [0.717, 1.165) is 10.9 Å². The normalized spacial score (nSPS) is 19.1. The minimum Gasteiger partial charge on any atom is -0.423 e. The number of ether oxygens (including phenoxy) is 1. The summed E-state index contributed by atoms with van der Waals surface area (Å²) in [6, 6.07) is 7.10. The molecule has 3 aromatic rings. The van der Waals surface area contributed by atoms with Crippen molar-refractivity contribution in [2.45, 2.75) is 24.8 Å². The van der Waals surface area contributed by atoms with Crippen LogP contribution in [0.1, 0.15) is 23.4 Å². The van der Waals surface area contributed by atoms with E-state index >= 15 is 0 Å². The molecule has 1 saturated heterocycles. The molecule has 1 aromatic carbocycles. The fourth-order valence-electron chi connectivity index (χ4n) is 3.03. The molecule has 0 saturated carbocycles. The van der Waals surface area contributed by atoms with Gasteiger partial charge in [-0.3, -0.25) is 4.98 Å². The summed E-state index contributed by atoms with van der Waals surface area (Å²) in [6.07, 6.45) is 1.09. The van der Waals surface area contributed by atoms with E-state index < -0.39 is 16.1 Å². The van der Waals surface area contributed by atoms with Gasteiger partial charge in [-0.15, -0.1) is 10.2 Å². The predicted molar refractivity (Wildman–Crippen MR) is 93.0 cm³/mol. The monoisotopic (exact) mass is 374 g/mol. The SMILES string of the molecule is Cc1cnc2c(S(=O)(=O)N3CCOC(c4nnc(C)o4)C3)cccc2c1. The minimum absolute atomic E-state index is 0.117. The number of fused-ring (bicyclic) bond motifs is 1. The van der Waals surface area contributed by atoms with Crippen LogP contribution in [0.4, 0.5) is 0 Å². The molecule has 4 rings (SSSR count). The van der Waals surface area contributed by atoms with Crippen molar-refractivity contribution in [2.75, 3.05) is 19.7 Å². The molecule has 1 unspecified atom stereocenters. The largest absolute Gasteiger partial charge is 0.423 e. The lowest BCUT2D eigenvalue weighted by molar-refractivity contribution is -0.0176. The number of aromatic nitrogens is 3. The minimum atomic E-state index is -3.73. The van der Waals surface area contributed by atoms with Gasteiger partial charge in [0.15, 0.2) is 0 Å². The van der Waals surface area contributed by atoms with Crippen LogP contribution in [-0.4, -0.2) is 47.6 Å². The zero-order valence-corrected chi connectivity index (χ0v) is 15.2. The first-order chi connectivity index (χ1) is 12.4. The van der Waals surface area contributed by atoms with Crippen molar-refractivity contribution < 1.29 is 17.6 Å². The van der Waals surface area contributed by atoms with Crippen LogP contribution in [0.15, 0.2) is 39.8 Å². The Hall–Kier alpha value is -2.36. The number of para-hydroxylation sites is 1. The average Bonchev–Trinajstić information content (AvgIpc) is 3.07. The second kappa shape index (κ2) is 6.42. The summed E-state index contributed by atoms with van der Waals surface area (Å²) in [5, 5.41) is 8.52. The van der Waals surface area contributed by atoms with Gasteiger partial charge in [-0.1, -0.05) is 12.1 Å². The Morgan fingerprint density at radius 3 is 2.85 bits per heavy atom. The van der Waals surface area contributed by atoms with Crippen LogP contribution in [0.2, 0.25) is 0 Å². The third kappa shape index (κ3) is 2.98. The standard InChI is InChI=1S/C17H18N4O4S/c1-11-8-13-4-3-5-15(16(13)18-9-11)26(22,23)21-6-7-24-14(10-21)17-20-19-12(2)25-17/h3-5,8-9,14H,6-7,10H2,1-2H3. The van der Waals surface area contributed by atoms with E-state index in [1.165, 1.54) is 4.31 Å². The molecular formula is C17H18N4O4S. The number of hydrogen-bond donors (Lipinski definition) is 0. The van der Waals surface area contributed by atoms with Crippen molar-refractivity contribution in [3.63, 3.8) is 0 Å². The van der Waals surface area contributed by atoms with Gasteiger partial charge in [-0.25, -0.2) is 8.42 Å². The lowest BCUT2D eigenvalue weighted by Crippen LogP contribution is -2.42. The Bertz CT molecular complexity index is 1060. The highest BCUT2D eigenvalue weighted by Gasteiger charge is 2.34. The highest BCUT2D eigenvalue weighted by Crippen LogP contribution is 2.29. The number of nitrogens with zero attached hydrogens (tertiary/aromatic N) is 4. The van der Waals surface area contributed by atoms with Gasteiger partial charge >= 0.3 is 0 Å². The summed E-state index contributed by atoms with van der Waals surface area (Å²) in [5.41, 5.74) is 1.44. The third-order valence-electron chi connectivity index (χ3n) is 4.27. The first-order valence-electron chi connectivity index (χ1n) is 8.22. The summed E-state index contributed by atoms with van der Waals surface area (Å²) in [5.74, 6) is 0.700. The Balaban J connectivity index is 1.70. The van der Waals surface area contributed by atoms with Crippen molar-refractivity contribution >= 4 is 20.9 Å². The number of hydrogen-bond acceptors (Lipinski definition) is 7. The number of pyridine rings is 1. The molecule has 1 aliphatic rings. The molecule has 0 radical (unpaired) electrons. The van der Waals surface area contributed by atoms with E-state index in [-0.39, 0.29) is 30.5 Å². The van der Waals surface area contributed by atoms with E-state index in [2.05, 4.69) is 15.2 Å². The van der Waals surface area contributed by atoms with E-state index in [9.17, 15) is 8.42 Å². The van der Waals surface area contributed by atoms with Crippen molar-refractivity contribution in [3.05, 3.63) is 47.8 Å². The smallest absolute Gasteiger partial charge is 0.246 e. The molecular weight excluding hydrogens is 356 g/mol. The van der Waals surface area contributed by atoms with Gasteiger partial charge in [0.2, 0.25) is 21.8 Å². The van der Waals surface area contributed by atoms with Gasteiger partial charge in [-0.2, -0.15) is 4.31 Å². The lowest BCUT2D eigenvalue weighted by Gasteiger charge is -2.30. The molecule has 0 bridgehead atoms. The number of benzene rings is 1. The number of aryl methyl sites for hydroxylation is 2. The van der Waals surface area contributed by atoms with Crippen molar-refractivity contribution in [2.24, 2.45) is 0 Å². The van der Waals surface area contributed by atoms with Gasteiger partial charge in [0, 0.05) is 31.6 Å². The Kier molecular flexibility index (Phi) is 4.22. The first-order valence-corrected chi connectivity index (χ1v) is 9.66. The van der Waals surface area contributed by atoms with Crippen LogP contribution < -0.4 is 0 Å². The van der Waals surface area contributed by atoms with E-state index in [4.69, 9.17) is 9.15 Å². The van der Waals surface area contributed by atoms with Crippen molar-refractivity contribution in [1.82, 2.24) is 19.5 Å². The van der Waals surface area contributed by atoms with Crippen LogP contribution in [0, 0.1) is 13.8 Å². The van der Waals surface area contributed by atoms with Gasteiger partial charge in [0.25, 0.3) is 0 Å². The Morgan fingerprint density at radius 1 is 1.23 bits per heavy atom. The Labute approximate surface area is 150 Å². The molecule has 8 nitrogen and oxygen atoms in total. The predicted octanol–water partition coefficient (Wildman–Crippen LogP) is 2.00.